The first kappa shape index (κ1) is 25.1. The summed E-state index contributed by atoms with van der Waals surface area (Å²) < 4.78 is 19.4. The molecule has 1 aliphatic heterocycles. The van der Waals surface area contributed by atoms with Crippen molar-refractivity contribution >= 4 is 23.4 Å². The van der Waals surface area contributed by atoms with Gasteiger partial charge in [0.2, 0.25) is 0 Å². The number of carbonyl (C=O) groups excluding carboxylic acids is 1. The van der Waals surface area contributed by atoms with E-state index in [9.17, 15) is 9.18 Å². The van der Waals surface area contributed by atoms with Crippen LogP contribution in [0.15, 0.2) is 48.5 Å². The summed E-state index contributed by atoms with van der Waals surface area (Å²) in [5, 5.41) is 0.448. The SMILES string of the molecule is Cc1cc(OCC(=O)N(CC2SCCC23CCCCCCCCC3)c2ccccc2)ccc1F. The molecule has 5 heteroatoms. The minimum Gasteiger partial charge on any atom is -0.484 e. The largest absolute Gasteiger partial charge is 0.484 e. The number of thioether (sulfide) groups is 1. The maximum absolute atomic E-state index is 13.6. The van der Waals surface area contributed by atoms with E-state index >= 15 is 0 Å². The van der Waals surface area contributed by atoms with Crippen molar-refractivity contribution in [1.29, 1.82) is 0 Å². The van der Waals surface area contributed by atoms with Crippen molar-refractivity contribution in [3.63, 3.8) is 0 Å². The summed E-state index contributed by atoms with van der Waals surface area (Å²) in [6.07, 6.45) is 13.2. The molecule has 0 radical (unpaired) electrons. The highest BCUT2D eigenvalue weighted by atomic mass is 32.2. The summed E-state index contributed by atoms with van der Waals surface area (Å²) in [4.78, 5) is 15.4. The Morgan fingerprint density at radius 1 is 1.00 bits per heavy atom. The number of anilines is 1. The average Bonchev–Trinajstić information content (AvgIpc) is 3.25. The van der Waals surface area contributed by atoms with Gasteiger partial charge in [-0.25, -0.2) is 4.39 Å². The highest BCUT2D eigenvalue weighted by Crippen LogP contribution is 2.51. The Hall–Kier alpha value is -2.01. The maximum Gasteiger partial charge on any atom is 0.264 e. The van der Waals surface area contributed by atoms with Gasteiger partial charge in [0.25, 0.3) is 5.91 Å². The molecule has 1 aliphatic carbocycles. The Labute approximate surface area is 208 Å². The molecule has 2 aromatic carbocycles. The lowest BCUT2D eigenvalue weighted by Gasteiger charge is -2.38. The fraction of sp³-hybridized carbons (Fsp3) is 0.552. The Morgan fingerprint density at radius 2 is 1.68 bits per heavy atom. The van der Waals surface area contributed by atoms with Crippen LogP contribution in [0.5, 0.6) is 5.75 Å². The standard InChI is InChI=1S/C29H38FNO2S/c1-23-20-25(14-15-26(23)30)33-22-28(32)31(24-12-8-7-9-13-24)21-27-29(18-19-34-27)16-10-5-3-2-4-6-11-17-29/h7-9,12-15,20,27H,2-6,10-11,16-19,21-22H2,1H3. The molecule has 1 spiro atoms. The average molecular weight is 484 g/mol. The second-order valence-electron chi connectivity index (χ2n) is 9.99. The number of nitrogens with zero attached hydrogens (tertiary/aromatic N) is 1. The molecule has 1 saturated carbocycles. The molecule has 1 saturated heterocycles. The number of hydrogen-bond donors (Lipinski definition) is 0. The van der Waals surface area contributed by atoms with E-state index in [4.69, 9.17) is 4.74 Å². The number of amides is 1. The molecule has 1 atom stereocenters. The van der Waals surface area contributed by atoms with Gasteiger partial charge in [0.05, 0.1) is 0 Å². The fourth-order valence-corrected chi connectivity index (χ4v) is 7.35. The van der Waals surface area contributed by atoms with Crippen LogP contribution in [0, 0.1) is 18.2 Å². The van der Waals surface area contributed by atoms with E-state index in [-0.39, 0.29) is 18.3 Å². The summed E-state index contributed by atoms with van der Waals surface area (Å²) >= 11 is 2.06. The van der Waals surface area contributed by atoms with Crippen LogP contribution in [0.4, 0.5) is 10.1 Å². The molecule has 1 unspecified atom stereocenters. The van der Waals surface area contributed by atoms with Crippen LogP contribution < -0.4 is 9.64 Å². The topological polar surface area (TPSA) is 29.5 Å². The third-order valence-corrected chi connectivity index (χ3v) is 9.15. The number of aryl methyl sites for hydroxylation is 1. The quantitative estimate of drug-likeness (QED) is 0.424. The van der Waals surface area contributed by atoms with Crippen LogP contribution >= 0.6 is 11.8 Å². The molecule has 34 heavy (non-hydrogen) atoms. The van der Waals surface area contributed by atoms with Gasteiger partial charge in [-0.3, -0.25) is 4.79 Å². The third-order valence-electron chi connectivity index (χ3n) is 7.66. The summed E-state index contributed by atoms with van der Waals surface area (Å²) in [6, 6.07) is 14.6. The molecule has 2 aromatic rings. The zero-order chi connectivity index (χ0) is 23.8. The summed E-state index contributed by atoms with van der Waals surface area (Å²) in [6.45, 7) is 2.37. The lowest BCUT2D eigenvalue weighted by molar-refractivity contribution is -0.120. The van der Waals surface area contributed by atoms with Crippen LogP contribution in [-0.2, 0) is 4.79 Å². The van der Waals surface area contributed by atoms with Crippen LogP contribution in [0.25, 0.3) is 0 Å². The zero-order valence-corrected chi connectivity index (χ0v) is 21.3. The van der Waals surface area contributed by atoms with Crippen molar-refractivity contribution in [3.05, 3.63) is 59.9 Å². The van der Waals surface area contributed by atoms with Crippen molar-refractivity contribution < 1.29 is 13.9 Å². The Kier molecular flexibility index (Phi) is 8.93. The number of halogens is 1. The highest BCUT2D eigenvalue weighted by molar-refractivity contribution is 8.00. The molecule has 0 bridgehead atoms. The minimum absolute atomic E-state index is 0.0457. The molecule has 0 aromatic heterocycles. The number of rotatable bonds is 6. The molecular formula is C29H38FNO2S. The molecule has 0 N–H and O–H groups in total. The lowest BCUT2D eigenvalue weighted by atomic mass is 9.72. The molecule has 184 valence electrons. The van der Waals surface area contributed by atoms with E-state index in [0.717, 1.165) is 12.2 Å². The van der Waals surface area contributed by atoms with Gasteiger partial charge < -0.3 is 9.64 Å². The van der Waals surface area contributed by atoms with Crippen molar-refractivity contribution in [1.82, 2.24) is 0 Å². The predicted octanol–water partition coefficient (Wildman–Crippen LogP) is 7.56. The number of hydrogen-bond acceptors (Lipinski definition) is 3. The number of benzene rings is 2. The van der Waals surface area contributed by atoms with Crippen molar-refractivity contribution in [2.75, 3.05) is 23.8 Å². The van der Waals surface area contributed by atoms with Crippen molar-refractivity contribution in [2.45, 2.75) is 76.4 Å². The highest BCUT2D eigenvalue weighted by Gasteiger charge is 2.43. The molecule has 3 nitrogen and oxygen atoms in total. The maximum atomic E-state index is 13.6. The normalized spacial score (nSPS) is 20.7. The van der Waals surface area contributed by atoms with Crippen LogP contribution in [0.1, 0.15) is 69.8 Å². The van der Waals surface area contributed by atoms with Crippen molar-refractivity contribution in [3.8, 4) is 5.75 Å². The Morgan fingerprint density at radius 3 is 2.35 bits per heavy atom. The van der Waals surface area contributed by atoms with Gasteiger partial charge in [-0.15, -0.1) is 0 Å². The van der Waals surface area contributed by atoms with E-state index in [1.807, 2.05) is 35.2 Å². The third kappa shape index (κ3) is 6.35. The van der Waals surface area contributed by atoms with E-state index in [2.05, 4.69) is 11.8 Å². The monoisotopic (exact) mass is 483 g/mol. The smallest absolute Gasteiger partial charge is 0.264 e. The number of para-hydroxylation sites is 1. The first-order valence-electron chi connectivity index (χ1n) is 12.9. The first-order chi connectivity index (χ1) is 16.6. The second-order valence-corrected chi connectivity index (χ2v) is 11.3. The summed E-state index contributed by atoms with van der Waals surface area (Å²) in [5.74, 6) is 1.40. The van der Waals surface area contributed by atoms with Gasteiger partial charge in [0, 0.05) is 17.5 Å². The molecular weight excluding hydrogens is 445 g/mol. The number of carbonyl (C=O) groups is 1. The number of ether oxygens (including phenoxy) is 1. The second kappa shape index (κ2) is 12.1. The zero-order valence-electron chi connectivity index (χ0n) is 20.4. The minimum atomic E-state index is -0.265. The van der Waals surface area contributed by atoms with Crippen LogP contribution in [0.3, 0.4) is 0 Å². The molecule has 2 aliphatic rings. The van der Waals surface area contributed by atoms with Gasteiger partial charge in [-0.2, -0.15) is 11.8 Å². The molecule has 4 rings (SSSR count). The van der Waals surface area contributed by atoms with Crippen LogP contribution in [0.2, 0.25) is 0 Å². The molecule has 1 amide bonds. The van der Waals surface area contributed by atoms with E-state index in [1.54, 1.807) is 19.1 Å². The van der Waals surface area contributed by atoms with Gasteiger partial charge in [-0.1, -0.05) is 63.1 Å². The Bertz CT molecular complexity index is 925. The van der Waals surface area contributed by atoms with Crippen molar-refractivity contribution in [2.24, 2.45) is 5.41 Å². The van der Waals surface area contributed by atoms with E-state index in [0.29, 0.717) is 22.0 Å². The summed E-state index contributed by atoms with van der Waals surface area (Å²) in [7, 11) is 0. The van der Waals surface area contributed by atoms with Gasteiger partial charge >= 0.3 is 0 Å². The lowest BCUT2D eigenvalue weighted by Crippen LogP contribution is -2.44. The first-order valence-corrected chi connectivity index (χ1v) is 14.0. The van der Waals surface area contributed by atoms with E-state index in [1.165, 1.54) is 76.0 Å². The van der Waals surface area contributed by atoms with Gasteiger partial charge in [-0.05, 0) is 73.2 Å². The summed E-state index contributed by atoms with van der Waals surface area (Å²) in [5.41, 5.74) is 1.78. The predicted molar refractivity (Wildman–Crippen MR) is 140 cm³/mol. The van der Waals surface area contributed by atoms with Gasteiger partial charge in [0.1, 0.15) is 11.6 Å². The van der Waals surface area contributed by atoms with Gasteiger partial charge in [0.15, 0.2) is 6.61 Å². The van der Waals surface area contributed by atoms with E-state index < -0.39 is 0 Å². The molecule has 1 heterocycles. The fourth-order valence-electron chi connectivity index (χ4n) is 5.58. The Balaban J connectivity index is 1.50. The molecule has 2 fully saturated rings. The van der Waals surface area contributed by atoms with Crippen LogP contribution in [-0.4, -0.2) is 30.1 Å².